The molecule has 0 spiro atoms. The van der Waals surface area contributed by atoms with Crippen LogP contribution < -0.4 is 10.6 Å². The molecule has 0 saturated heterocycles. The van der Waals surface area contributed by atoms with Gasteiger partial charge in [0.1, 0.15) is 5.70 Å². The van der Waals surface area contributed by atoms with E-state index in [0.717, 1.165) is 22.0 Å². The summed E-state index contributed by atoms with van der Waals surface area (Å²) in [5, 5.41) is 6.58. The summed E-state index contributed by atoms with van der Waals surface area (Å²) in [7, 11) is 0. The van der Waals surface area contributed by atoms with Gasteiger partial charge in [0, 0.05) is 34.3 Å². The highest BCUT2D eigenvalue weighted by Crippen LogP contribution is 2.20. The molecule has 0 atom stereocenters. The van der Waals surface area contributed by atoms with Gasteiger partial charge in [-0.1, -0.05) is 35.9 Å². The van der Waals surface area contributed by atoms with Crippen molar-refractivity contribution >= 4 is 28.8 Å². The van der Waals surface area contributed by atoms with E-state index in [9.17, 15) is 9.59 Å². The Morgan fingerprint density at radius 1 is 1.04 bits per heavy atom. The topological polar surface area (TPSA) is 74.0 Å². The maximum atomic E-state index is 12.6. The van der Waals surface area contributed by atoms with Crippen molar-refractivity contribution in [1.82, 2.24) is 15.6 Å². The average Bonchev–Trinajstić information content (AvgIpc) is 3.04. The largest absolute Gasteiger partial charge is 0.361 e. The molecule has 2 aromatic carbocycles. The number of hydrogen-bond acceptors (Lipinski definition) is 2. The summed E-state index contributed by atoms with van der Waals surface area (Å²) in [5.41, 5.74) is 3.58. The summed E-state index contributed by atoms with van der Waals surface area (Å²) >= 11 is 0. The number of benzene rings is 2. The molecular weight excluding hydrogens is 338 g/mol. The van der Waals surface area contributed by atoms with E-state index in [4.69, 9.17) is 0 Å². The fourth-order valence-corrected chi connectivity index (χ4v) is 2.77. The Labute approximate surface area is 158 Å². The number of hydrogen-bond donors (Lipinski definition) is 3. The SMILES string of the molecule is Cc1ccc(C(=O)N/C(=C\c2c[nH]c3ccccc23)C(=O)NC(C)C)cc1. The normalized spacial score (nSPS) is 11.6. The van der Waals surface area contributed by atoms with Crippen molar-refractivity contribution in [3.63, 3.8) is 0 Å². The molecule has 0 bridgehead atoms. The van der Waals surface area contributed by atoms with Gasteiger partial charge in [0.05, 0.1) is 0 Å². The number of H-pyrrole nitrogens is 1. The number of carbonyl (C=O) groups excluding carboxylic acids is 2. The standard InChI is InChI=1S/C22H23N3O2/c1-14(2)24-22(27)20(25-21(26)16-10-8-15(3)9-11-16)12-17-13-23-19-7-5-4-6-18(17)19/h4-14,23H,1-3H3,(H,24,27)(H,25,26)/b20-12-. The van der Waals surface area contributed by atoms with Crippen LogP contribution in [0.3, 0.4) is 0 Å². The molecule has 0 radical (unpaired) electrons. The Hall–Kier alpha value is -3.34. The Morgan fingerprint density at radius 2 is 1.74 bits per heavy atom. The molecule has 5 heteroatoms. The second-order valence-corrected chi connectivity index (χ2v) is 6.80. The van der Waals surface area contributed by atoms with Gasteiger partial charge < -0.3 is 15.6 Å². The molecule has 27 heavy (non-hydrogen) atoms. The summed E-state index contributed by atoms with van der Waals surface area (Å²) in [6.07, 6.45) is 3.52. The zero-order chi connectivity index (χ0) is 19.4. The minimum atomic E-state index is -0.323. The van der Waals surface area contributed by atoms with Gasteiger partial charge in [0.15, 0.2) is 0 Å². The molecule has 0 saturated carbocycles. The van der Waals surface area contributed by atoms with E-state index in [-0.39, 0.29) is 23.6 Å². The van der Waals surface area contributed by atoms with Crippen LogP contribution in [0, 0.1) is 6.92 Å². The Balaban J connectivity index is 1.94. The molecule has 0 fully saturated rings. The highest BCUT2D eigenvalue weighted by atomic mass is 16.2. The van der Waals surface area contributed by atoms with Gasteiger partial charge in [0.25, 0.3) is 11.8 Å². The first-order valence-electron chi connectivity index (χ1n) is 8.91. The lowest BCUT2D eigenvalue weighted by molar-refractivity contribution is -0.118. The number of aryl methyl sites for hydroxylation is 1. The second-order valence-electron chi connectivity index (χ2n) is 6.80. The summed E-state index contributed by atoms with van der Waals surface area (Å²) in [6, 6.07) is 15.0. The lowest BCUT2D eigenvalue weighted by Gasteiger charge is -2.13. The number of rotatable bonds is 5. The number of fused-ring (bicyclic) bond motifs is 1. The van der Waals surface area contributed by atoms with Crippen LogP contribution in [0.1, 0.15) is 35.3 Å². The van der Waals surface area contributed by atoms with E-state index in [1.807, 2.05) is 63.4 Å². The molecule has 3 N–H and O–H groups in total. The van der Waals surface area contributed by atoms with Crippen molar-refractivity contribution in [3.05, 3.63) is 77.1 Å². The van der Waals surface area contributed by atoms with Crippen LogP contribution in [0.5, 0.6) is 0 Å². The van der Waals surface area contributed by atoms with Gasteiger partial charge in [-0.3, -0.25) is 9.59 Å². The van der Waals surface area contributed by atoms with E-state index >= 15 is 0 Å². The van der Waals surface area contributed by atoms with E-state index in [2.05, 4.69) is 15.6 Å². The third-order valence-electron chi connectivity index (χ3n) is 4.15. The third-order valence-corrected chi connectivity index (χ3v) is 4.15. The molecule has 3 aromatic rings. The van der Waals surface area contributed by atoms with Gasteiger partial charge in [-0.15, -0.1) is 0 Å². The molecule has 0 unspecified atom stereocenters. The van der Waals surface area contributed by atoms with E-state index in [0.29, 0.717) is 5.56 Å². The number of carbonyl (C=O) groups is 2. The first kappa shape index (κ1) is 18.5. The second kappa shape index (κ2) is 7.91. The summed E-state index contributed by atoms with van der Waals surface area (Å²) in [6.45, 7) is 5.71. The zero-order valence-corrected chi connectivity index (χ0v) is 15.7. The minimum Gasteiger partial charge on any atom is -0.361 e. The average molecular weight is 361 g/mol. The predicted molar refractivity (Wildman–Crippen MR) is 108 cm³/mol. The molecule has 0 aliphatic carbocycles. The van der Waals surface area contributed by atoms with Crippen LogP contribution in [0.25, 0.3) is 17.0 Å². The fourth-order valence-electron chi connectivity index (χ4n) is 2.77. The van der Waals surface area contributed by atoms with Crippen LogP contribution in [0.15, 0.2) is 60.4 Å². The molecule has 2 amide bonds. The number of amides is 2. The smallest absolute Gasteiger partial charge is 0.268 e. The van der Waals surface area contributed by atoms with Crippen LogP contribution in [-0.2, 0) is 4.79 Å². The van der Waals surface area contributed by atoms with Crippen LogP contribution in [0.4, 0.5) is 0 Å². The third kappa shape index (κ3) is 4.44. The van der Waals surface area contributed by atoms with Crippen molar-refractivity contribution in [2.24, 2.45) is 0 Å². The lowest BCUT2D eigenvalue weighted by atomic mass is 10.1. The predicted octanol–water partition coefficient (Wildman–Crippen LogP) is 3.77. The molecule has 1 aromatic heterocycles. The molecular formula is C22H23N3O2. The highest BCUT2D eigenvalue weighted by Gasteiger charge is 2.16. The fraction of sp³-hybridized carbons (Fsp3) is 0.182. The number of para-hydroxylation sites is 1. The molecule has 0 aliphatic heterocycles. The van der Waals surface area contributed by atoms with E-state index in [1.165, 1.54) is 0 Å². The number of aromatic nitrogens is 1. The van der Waals surface area contributed by atoms with Crippen molar-refractivity contribution in [2.75, 3.05) is 0 Å². The molecule has 1 heterocycles. The minimum absolute atomic E-state index is 0.0415. The van der Waals surface area contributed by atoms with Crippen molar-refractivity contribution in [3.8, 4) is 0 Å². The van der Waals surface area contributed by atoms with Gasteiger partial charge in [-0.2, -0.15) is 0 Å². The van der Waals surface area contributed by atoms with Crippen LogP contribution >= 0.6 is 0 Å². The zero-order valence-electron chi connectivity index (χ0n) is 15.7. The van der Waals surface area contributed by atoms with Crippen molar-refractivity contribution in [1.29, 1.82) is 0 Å². The summed E-state index contributed by atoms with van der Waals surface area (Å²) < 4.78 is 0. The maximum Gasteiger partial charge on any atom is 0.268 e. The monoisotopic (exact) mass is 361 g/mol. The quantitative estimate of drug-likeness (QED) is 0.605. The van der Waals surface area contributed by atoms with E-state index in [1.54, 1.807) is 18.2 Å². The molecule has 5 nitrogen and oxygen atoms in total. The van der Waals surface area contributed by atoms with Crippen LogP contribution in [-0.4, -0.2) is 22.8 Å². The van der Waals surface area contributed by atoms with Gasteiger partial charge in [-0.05, 0) is 45.0 Å². The Morgan fingerprint density at radius 3 is 2.44 bits per heavy atom. The van der Waals surface area contributed by atoms with Crippen molar-refractivity contribution < 1.29 is 9.59 Å². The number of aromatic amines is 1. The molecule has 138 valence electrons. The summed E-state index contributed by atoms with van der Waals surface area (Å²) in [4.78, 5) is 28.4. The van der Waals surface area contributed by atoms with E-state index < -0.39 is 0 Å². The molecule has 0 aliphatic rings. The Bertz CT molecular complexity index is 998. The first-order chi connectivity index (χ1) is 12.9. The van der Waals surface area contributed by atoms with Gasteiger partial charge in [-0.25, -0.2) is 0 Å². The maximum absolute atomic E-state index is 12.6. The van der Waals surface area contributed by atoms with Crippen LogP contribution in [0.2, 0.25) is 0 Å². The van der Waals surface area contributed by atoms with Crippen molar-refractivity contribution in [2.45, 2.75) is 26.8 Å². The van der Waals surface area contributed by atoms with Gasteiger partial charge >= 0.3 is 0 Å². The first-order valence-corrected chi connectivity index (χ1v) is 8.91. The van der Waals surface area contributed by atoms with Gasteiger partial charge in [0.2, 0.25) is 0 Å². The molecule has 3 rings (SSSR count). The summed E-state index contributed by atoms with van der Waals surface area (Å²) in [5.74, 6) is -0.643. The lowest BCUT2D eigenvalue weighted by Crippen LogP contribution is -2.38. The number of nitrogens with one attached hydrogen (secondary N) is 3. The Kier molecular flexibility index (Phi) is 5.41. The highest BCUT2D eigenvalue weighted by molar-refractivity contribution is 6.06.